The van der Waals surface area contributed by atoms with E-state index < -0.39 is 10.0 Å². The first-order valence-electron chi connectivity index (χ1n) is 7.24. The number of rotatable bonds is 9. The molecule has 1 saturated carbocycles. The molecule has 114 valence electrons. The molecular weight excluding hydrogens is 292 g/mol. The molecular formula is C14H24N2O2S2. The van der Waals surface area contributed by atoms with E-state index in [0.717, 1.165) is 24.3 Å². The normalized spacial score (nSPS) is 16.2. The van der Waals surface area contributed by atoms with Gasteiger partial charge in [0.2, 0.25) is 10.0 Å². The van der Waals surface area contributed by atoms with Crippen LogP contribution in [0.4, 0.5) is 0 Å². The van der Waals surface area contributed by atoms with E-state index in [4.69, 9.17) is 0 Å². The monoisotopic (exact) mass is 316 g/mol. The molecule has 0 saturated heterocycles. The van der Waals surface area contributed by atoms with Crippen LogP contribution in [0, 0.1) is 0 Å². The summed E-state index contributed by atoms with van der Waals surface area (Å²) in [6.07, 6.45) is 2.69. The predicted octanol–water partition coefficient (Wildman–Crippen LogP) is 2.43. The molecule has 1 aromatic heterocycles. The predicted molar refractivity (Wildman–Crippen MR) is 84.4 cm³/mol. The molecule has 1 heterocycles. The first-order valence-corrected chi connectivity index (χ1v) is 9.73. The molecule has 0 amide bonds. The molecule has 0 radical (unpaired) electrons. The Morgan fingerprint density at radius 2 is 2.20 bits per heavy atom. The smallest absolute Gasteiger partial charge is 0.214 e. The standard InChI is InChI=1S/C14H24N2O2S2/c1-12(2)15-8-4-10-20(17,18)16(13-6-7-13)11-14-5-3-9-19-14/h3,5,9,12-13,15H,4,6-8,10-11H2,1-2H3. The van der Waals surface area contributed by atoms with Gasteiger partial charge in [-0.3, -0.25) is 0 Å². The van der Waals surface area contributed by atoms with Gasteiger partial charge < -0.3 is 5.32 Å². The third-order valence-corrected chi connectivity index (χ3v) is 6.14. The van der Waals surface area contributed by atoms with Crippen LogP contribution in [0.15, 0.2) is 17.5 Å². The van der Waals surface area contributed by atoms with Gasteiger partial charge in [-0.2, -0.15) is 4.31 Å². The van der Waals surface area contributed by atoms with Crippen LogP contribution in [-0.4, -0.2) is 37.1 Å². The summed E-state index contributed by atoms with van der Waals surface area (Å²) in [6.45, 7) is 5.44. The Hall–Kier alpha value is -0.430. The van der Waals surface area contributed by atoms with Gasteiger partial charge in [-0.1, -0.05) is 19.9 Å². The third kappa shape index (κ3) is 4.84. The van der Waals surface area contributed by atoms with Gasteiger partial charge in [-0.15, -0.1) is 11.3 Å². The highest BCUT2D eigenvalue weighted by atomic mass is 32.2. The second-order valence-corrected chi connectivity index (χ2v) is 8.71. The van der Waals surface area contributed by atoms with Crippen LogP contribution in [0.2, 0.25) is 0 Å². The second kappa shape index (κ2) is 7.02. The van der Waals surface area contributed by atoms with Gasteiger partial charge in [-0.25, -0.2) is 8.42 Å². The number of thiophene rings is 1. The SMILES string of the molecule is CC(C)NCCCS(=O)(=O)N(Cc1cccs1)C1CC1. The van der Waals surface area contributed by atoms with E-state index in [0.29, 0.717) is 19.0 Å². The van der Waals surface area contributed by atoms with Crippen LogP contribution in [0.3, 0.4) is 0 Å². The summed E-state index contributed by atoms with van der Waals surface area (Å²) in [5.41, 5.74) is 0. The highest BCUT2D eigenvalue weighted by molar-refractivity contribution is 7.89. The fourth-order valence-electron chi connectivity index (χ4n) is 2.14. The fourth-order valence-corrected chi connectivity index (χ4v) is 4.66. The molecule has 1 N–H and O–H groups in total. The van der Waals surface area contributed by atoms with E-state index in [2.05, 4.69) is 19.2 Å². The van der Waals surface area contributed by atoms with Crippen molar-refractivity contribution >= 4 is 21.4 Å². The van der Waals surface area contributed by atoms with Crippen LogP contribution in [0.25, 0.3) is 0 Å². The molecule has 0 aliphatic heterocycles. The van der Waals surface area contributed by atoms with E-state index in [1.165, 1.54) is 0 Å². The summed E-state index contributed by atoms with van der Waals surface area (Å²) in [5, 5.41) is 5.27. The van der Waals surface area contributed by atoms with E-state index in [9.17, 15) is 8.42 Å². The Morgan fingerprint density at radius 3 is 2.75 bits per heavy atom. The highest BCUT2D eigenvalue weighted by Gasteiger charge is 2.36. The van der Waals surface area contributed by atoms with E-state index in [-0.39, 0.29) is 11.8 Å². The summed E-state index contributed by atoms with van der Waals surface area (Å²) in [6, 6.07) is 4.63. The zero-order valence-electron chi connectivity index (χ0n) is 12.2. The maximum Gasteiger partial charge on any atom is 0.214 e. The minimum Gasteiger partial charge on any atom is -0.314 e. The van der Waals surface area contributed by atoms with Gasteiger partial charge in [0.25, 0.3) is 0 Å². The number of sulfonamides is 1. The zero-order chi connectivity index (χ0) is 14.6. The minimum atomic E-state index is -3.13. The minimum absolute atomic E-state index is 0.236. The van der Waals surface area contributed by atoms with Crippen LogP contribution in [0.5, 0.6) is 0 Å². The average Bonchev–Trinajstić information content (AvgIpc) is 3.08. The Balaban J connectivity index is 1.90. The van der Waals surface area contributed by atoms with E-state index in [1.54, 1.807) is 15.6 Å². The molecule has 1 aromatic rings. The Bertz CT molecular complexity index is 493. The molecule has 0 atom stereocenters. The third-order valence-electron chi connectivity index (χ3n) is 3.33. The van der Waals surface area contributed by atoms with Crippen molar-refractivity contribution < 1.29 is 8.42 Å². The van der Waals surface area contributed by atoms with Crippen molar-refractivity contribution in [3.05, 3.63) is 22.4 Å². The summed E-state index contributed by atoms with van der Waals surface area (Å²) < 4.78 is 26.7. The molecule has 1 aliphatic carbocycles. The molecule has 1 aliphatic rings. The first-order chi connectivity index (χ1) is 9.49. The molecule has 20 heavy (non-hydrogen) atoms. The number of hydrogen-bond donors (Lipinski definition) is 1. The highest BCUT2D eigenvalue weighted by Crippen LogP contribution is 2.31. The van der Waals surface area contributed by atoms with E-state index in [1.807, 2.05) is 17.5 Å². The average molecular weight is 316 g/mol. The molecule has 0 aromatic carbocycles. The topological polar surface area (TPSA) is 49.4 Å². The van der Waals surface area contributed by atoms with Crippen molar-refractivity contribution in [3.63, 3.8) is 0 Å². The lowest BCUT2D eigenvalue weighted by Gasteiger charge is -2.21. The first kappa shape index (κ1) is 15.9. The van der Waals surface area contributed by atoms with Gasteiger partial charge in [0.15, 0.2) is 0 Å². The quantitative estimate of drug-likeness (QED) is 0.712. The molecule has 6 heteroatoms. The maximum atomic E-state index is 12.5. The fraction of sp³-hybridized carbons (Fsp3) is 0.714. The number of nitrogens with one attached hydrogen (secondary N) is 1. The maximum absolute atomic E-state index is 12.5. The molecule has 4 nitrogen and oxygen atoms in total. The van der Waals surface area contributed by atoms with Crippen molar-refractivity contribution in [1.82, 2.24) is 9.62 Å². The van der Waals surface area contributed by atoms with Crippen LogP contribution in [0.1, 0.15) is 38.0 Å². The summed E-state index contributed by atoms with van der Waals surface area (Å²) in [7, 11) is -3.13. The Morgan fingerprint density at radius 1 is 1.45 bits per heavy atom. The molecule has 1 fully saturated rings. The Kier molecular flexibility index (Phi) is 5.60. The second-order valence-electron chi connectivity index (χ2n) is 5.63. The van der Waals surface area contributed by atoms with Gasteiger partial charge in [0.05, 0.1) is 5.75 Å². The molecule has 0 unspecified atom stereocenters. The van der Waals surface area contributed by atoms with Crippen molar-refractivity contribution in [3.8, 4) is 0 Å². The summed E-state index contributed by atoms with van der Waals surface area (Å²) in [4.78, 5) is 1.13. The number of hydrogen-bond acceptors (Lipinski definition) is 4. The van der Waals surface area contributed by atoms with Crippen molar-refractivity contribution in [2.75, 3.05) is 12.3 Å². The zero-order valence-corrected chi connectivity index (χ0v) is 13.8. The largest absolute Gasteiger partial charge is 0.314 e. The van der Waals surface area contributed by atoms with E-state index >= 15 is 0 Å². The molecule has 2 rings (SSSR count). The lowest BCUT2D eigenvalue weighted by Crippen LogP contribution is -2.35. The molecule has 0 bridgehead atoms. The lowest BCUT2D eigenvalue weighted by atomic mass is 10.4. The van der Waals surface area contributed by atoms with Crippen molar-refractivity contribution in [2.24, 2.45) is 0 Å². The summed E-state index contributed by atoms with van der Waals surface area (Å²) in [5.74, 6) is 0.245. The lowest BCUT2D eigenvalue weighted by molar-refractivity contribution is 0.400. The van der Waals surface area contributed by atoms with Crippen molar-refractivity contribution in [2.45, 2.75) is 51.7 Å². The molecule has 0 spiro atoms. The summed E-state index contributed by atoms with van der Waals surface area (Å²) >= 11 is 1.63. The van der Waals surface area contributed by atoms with Crippen LogP contribution in [-0.2, 0) is 16.6 Å². The van der Waals surface area contributed by atoms with Crippen molar-refractivity contribution in [1.29, 1.82) is 0 Å². The Labute approximate surface area is 126 Å². The van der Waals surface area contributed by atoms with Crippen LogP contribution >= 0.6 is 11.3 Å². The van der Waals surface area contributed by atoms with Gasteiger partial charge in [0.1, 0.15) is 0 Å². The van der Waals surface area contributed by atoms with Gasteiger partial charge >= 0.3 is 0 Å². The van der Waals surface area contributed by atoms with Gasteiger partial charge in [0, 0.05) is 23.5 Å². The van der Waals surface area contributed by atoms with Gasteiger partial charge in [-0.05, 0) is 37.3 Å². The van der Waals surface area contributed by atoms with Crippen LogP contribution < -0.4 is 5.32 Å². The number of nitrogens with zero attached hydrogens (tertiary/aromatic N) is 1.